The van der Waals surface area contributed by atoms with Gasteiger partial charge in [-0.15, -0.1) is 5.10 Å². The molecule has 2 aromatic rings. The molecule has 0 aliphatic carbocycles. The molecular weight excluding hydrogens is 326 g/mol. The number of nitrogens with one attached hydrogen (secondary N) is 1. The Morgan fingerprint density at radius 3 is 2.68 bits per heavy atom. The Kier molecular flexibility index (Phi) is 3.71. The van der Waals surface area contributed by atoms with Crippen molar-refractivity contribution in [1.82, 2.24) is 29.7 Å². The number of amides is 4. The van der Waals surface area contributed by atoms with Crippen LogP contribution in [0.4, 0.5) is 10.6 Å². The van der Waals surface area contributed by atoms with Crippen molar-refractivity contribution in [3.8, 4) is 0 Å². The van der Waals surface area contributed by atoms with Crippen LogP contribution in [0.15, 0.2) is 24.5 Å². The van der Waals surface area contributed by atoms with Crippen molar-refractivity contribution in [3.05, 3.63) is 24.5 Å². The average Bonchev–Trinajstić information content (AvgIpc) is 3.22. The first-order valence-electron chi connectivity index (χ1n) is 8.03. The van der Waals surface area contributed by atoms with Gasteiger partial charge in [-0.05, 0) is 12.1 Å². The van der Waals surface area contributed by atoms with Crippen molar-refractivity contribution in [1.29, 1.82) is 0 Å². The van der Waals surface area contributed by atoms with Gasteiger partial charge in [-0.25, -0.2) is 14.3 Å². The van der Waals surface area contributed by atoms with Crippen molar-refractivity contribution in [2.24, 2.45) is 0 Å². The highest BCUT2D eigenvalue weighted by Crippen LogP contribution is 2.14. The van der Waals surface area contributed by atoms with E-state index < -0.39 is 6.03 Å². The van der Waals surface area contributed by atoms with E-state index in [1.165, 1.54) is 0 Å². The Bertz CT molecular complexity index is 825. The SMILES string of the molecule is O=C(CN1C(=O)CNC1=O)N1CCN(c2ccc3nccn3n2)CC1. The van der Waals surface area contributed by atoms with Gasteiger partial charge < -0.3 is 15.1 Å². The summed E-state index contributed by atoms with van der Waals surface area (Å²) in [5, 5.41) is 6.91. The number of urea groups is 1. The highest BCUT2D eigenvalue weighted by molar-refractivity contribution is 6.04. The van der Waals surface area contributed by atoms with E-state index in [2.05, 4.69) is 20.3 Å². The largest absolute Gasteiger partial charge is 0.352 e. The maximum absolute atomic E-state index is 12.3. The van der Waals surface area contributed by atoms with Gasteiger partial charge in [0.15, 0.2) is 5.65 Å². The van der Waals surface area contributed by atoms with Gasteiger partial charge in [-0.1, -0.05) is 0 Å². The maximum atomic E-state index is 12.3. The minimum atomic E-state index is -0.505. The summed E-state index contributed by atoms with van der Waals surface area (Å²) in [7, 11) is 0. The fraction of sp³-hybridized carbons (Fsp3) is 0.400. The Balaban J connectivity index is 1.36. The van der Waals surface area contributed by atoms with Gasteiger partial charge >= 0.3 is 6.03 Å². The lowest BCUT2D eigenvalue weighted by molar-refractivity contribution is -0.136. The van der Waals surface area contributed by atoms with E-state index in [0.29, 0.717) is 26.2 Å². The number of nitrogens with zero attached hydrogens (tertiary/aromatic N) is 6. The van der Waals surface area contributed by atoms with Gasteiger partial charge in [0.25, 0.3) is 5.91 Å². The molecule has 0 radical (unpaired) electrons. The second-order valence-electron chi connectivity index (χ2n) is 5.93. The molecule has 130 valence electrons. The molecule has 0 aromatic carbocycles. The molecule has 2 aromatic heterocycles. The molecule has 10 heteroatoms. The zero-order valence-corrected chi connectivity index (χ0v) is 13.5. The molecule has 0 bridgehead atoms. The van der Waals surface area contributed by atoms with Crippen LogP contribution in [0, 0.1) is 0 Å². The minimum absolute atomic E-state index is 0.0394. The number of carbonyl (C=O) groups is 3. The number of imidazole rings is 1. The van der Waals surface area contributed by atoms with E-state index in [1.807, 2.05) is 12.1 Å². The standard InChI is InChI=1S/C15H17N7O3/c23-13-9-17-15(25)21(13)10-14(24)20-7-5-19(6-8-20)12-2-1-11-16-3-4-22(11)18-12/h1-4H,5-10H2,(H,17,25). The summed E-state index contributed by atoms with van der Waals surface area (Å²) in [5.41, 5.74) is 0.783. The third kappa shape index (κ3) is 2.86. The number of piperazine rings is 1. The fourth-order valence-electron chi connectivity index (χ4n) is 3.01. The summed E-state index contributed by atoms with van der Waals surface area (Å²) in [6.45, 7) is 2.07. The summed E-state index contributed by atoms with van der Waals surface area (Å²) >= 11 is 0. The summed E-state index contributed by atoms with van der Waals surface area (Å²) in [6.07, 6.45) is 3.48. The Morgan fingerprint density at radius 1 is 1.16 bits per heavy atom. The van der Waals surface area contributed by atoms with Gasteiger partial charge in [-0.2, -0.15) is 0 Å². The molecule has 4 heterocycles. The molecule has 4 rings (SSSR count). The summed E-state index contributed by atoms with van der Waals surface area (Å²) < 4.78 is 1.71. The third-order valence-electron chi connectivity index (χ3n) is 4.43. The Morgan fingerprint density at radius 2 is 1.96 bits per heavy atom. The fourth-order valence-corrected chi connectivity index (χ4v) is 3.01. The van der Waals surface area contributed by atoms with Crippen molar-refractivity contribution in [2.75, 3.05) is 44.2 Å². The molecule has 0 saturated carbocycles. The van der Waals surface area contributed by atoms with Crippen LogP contribution >= 0.6 is 0 Å². The van der Waals surface area contributed by atoms with Crippen LogP contribution in [0.3, 0.4) is 0 Å². The van der Waals surface area contributed by atoms with E-state index in [4.69, 9.17) is 0 Å². The third-order valence-corrected chi connectivity index (χ3v) is 4.43. The molecule has 2 aliphatic heterocycles. The summed E-state index contributed by atoms with van der Waals surface area (Å²) in [6, 6.07) is 3.31. The first-order valence-corrected chi connectivity index (χ1v) is 8.03. The molecule has 4 amide bonds. The second-order valence-corrected chi connectivity index (χ2v) is 5.93. The zero-order valence-electron chi connectivity index (χ0n) is 13.5. The normalized spacial score (nSPS) is 18.2. The smallest absolute Gasteiger partial charge is 0.325 e. The lowest BCUT2D eigenvalue weighted by atomic mass is 10.3. The molecule has 10 nitrogen and oxygen atoms in total. The number of aromatic nitrogens is 3. The van der Waals surface area contributed by atoms with E-state index in [1.54, 1.807) is 21.8 Å². The quantitative estimate of drug-likeness (QED) is 0.712. The van der Waals surface area contributed by atoms with Crippen LogP contribution in [-0.2, 0) is 9.59 Å². The summed E-state index contributed by atoms with van der Waals surface area (Å²) in [4.78, 5) is 44.3. The van der Waals surface area contributed by atoms with E-state index in [0.717, 1.165) is 16.4 Å². The molecule has 2 fully saturated rings. The highest BCUT2D eigenvalue weighted by atomic mass is 16.2. The second kappa shape index (κ2) is 6.04. The molecule has 25 heavy (non-hydrogen) atoms. The first kappa shape index (κ1) is 15.4. The van der Waals surface area contributed by atoms with Crippen LogP contribution in [-0.4, -0.2) is 81.5 Å². The lowest BCUT2D eigenvalue weighted by Crippen LogP contribution is -2.52. The van der Waals surface area contributed by atoms with E-state index in [9.17, 15) is 14.4 Å². The number of rotatable bonds is 3. The molecule has 0 atom stereocenters. The molecule has 0 unspecified atom stereocenters. The lowest BCUT2D eigenvalue weighted by Gasteiger charge is -2.35. The van der Waals surface area contributed by atoms with Crippen LogP contribution in [0.5, 0.6) is 0 Å². The number of anilines is 1. The van der Waals surface area contributed by atoms with Gasteiger partial charge in [0.2, 0.25) is 5.91 Å². The predicted molar refractivity (Wildman–Crippen MR) is 86.9 cm³/mol. The number of hydrogen-bond donors (Lipinski definition) is 1. The number of hydrogen-bond acceptors (Lipinski definition) is 6. The summed E-state index contributed by atoms with van der Waals surface area (Å²) in [5.74, 6) is 0.240. The zero-order chi connectivity index (χ0) is 17.4. The first-order chi connectivity index (χ1) is 12.1. The van der Waals surface area contributed by atoms with Gasteiger partial charge in [0, 0.05) is 38.6 Å². The van der Waals surface area contributed by atoms with Crippen LogP contribution in [0.25, 0.3) is 5.65 Å². The van der Waals surface area contributed by atoms with Crippen LogP contribution in [0.2, 0.25) is 0 Å². The number of imide groups is 1. The maximum Gasteiger partial charge on any atom is 0.325 e. The van der Waals surface area contributed by atoms with Crippen molar-refractivity contribution >= 4 is 29.3 Å². The number of fused-ring (bicyclic) bond motifs is 1. The molecule has 0 spiro atoms. The Hall–Kier alpha value is -3.17. The van der Waals surface area contributed by atoms with Gasteiger partial charge in [0.05, 0.1) is 6.54 Å². The topological polar surface area (TPSA) is 103 Å². The molecule has 2 saturated heterocycles. The van der Waals surface area contributed by atoms with Gasteiger partial charge in [0.1, 0.15) is 12.4 Å². The highest BCUT2D eigenvalue weighted by Gasteiger charge is 2.32. The van der Waals surface area contributed by atoms with Crippen LogP contribution in [0.1, 0.15) is 0 Å². The predicted octanol–water partition coefficient (Wildman–Crippen LogP) is -1.07. The Labute approximate surface area is 143 Å². The van der Waals surface area contributed by atoms with Gasteiger partial charge in [-0.3, -0.25) is 14.5 Å². The van der Waals surface area contributed by atoms with Crippen LogP contribution < -0.4 is 10.2 Å². The number of carbonyl (C=O) groups excluding carboxylic acids is 3. The van der Waals surface area contributed by atoms with Crippen molar-refractivity contribution < 1.29 is 14.4 Å². The molecular formula is C15H17N7O3. The molecule has 1 N–H and O–H groups in total. The molecule has 2 aliphatic rings. The minimum Gasteiger partial charge on any atom is -0.352 e. The van der Waals surface area contributed by atoms with Crippen molar-refractivity contribution in [2.45, 2.75) is 0 Å². The average molecular weight is 343 g/mol. The van der Waals surface area contributed by atoms with E-state index in [-0.39, 0.29) is 24.9 Å². The van der Waals surface area contributed by atoms with E-state index >= 15 is 0 Å². The monoisotopic (exact) mass is 343 g/mol. The van der Waals surface area contributed by atoms with Crippen molar-refractivity contribution in [3.63, 3.8) is 0 Å².